The van der Waals surface area contributed by atoms with Crippen molar-refractivity contribution in [2.24, 2.45) is 0 Å². The highest BCUT2D eigenvalue weighted by Crippen LogP contribution is 2.35. The molecule has 1 heterocycles. The van der Waals surface area contributed by atoms with Gasteiger partial charge in [-0.3, -0.25) is 9.52 Å². The van der Waals surface area contributed by atoms with Gasteiger partial charge in [-0.15, -0.1) is 0 Å². The lowest BCUT2D eigenvalue weighted by Crippen LogP contribution is -2.29. The number of hydrogen-bond donors (Lipinski definition) is 2. The van der Waals surface area contributed by atoms with Crippen LogP contribution in [0.2, 0.25) is 0 Å². The van der Waals surface area contributed by atoms with E-state index in [1.165, 1.54) is 19.2 Å². The van der Waals surface area contributed by atoms with Crippen LogP contribution in [-0.2, 0) is 14.8 Å². The maximum Gasteiger partial charge on any atom is 0.265 e. The van der Waals surface area contributed by atoms with Crippen LogP contribution in [0.25, 0.3) is 11.0 Å². The number of carbonyl (C=O) groups is 1. The van der Waals surface area contributed by atoms with Gasteiger partial charge in [0.05, 0.1) is 18.5 Å². The van der Waals surface area contributed by atoms with Gasteiger partial charge in [0.25, 0.3) is 15.9 Å². The first-order valence-electron chi connectivity index (χ1n) is 9.41. The second-order valence-electron chi connectivity index (χ2n) is 6.65. The van der Waals surface area contributed by atoms with Crippen LogP contribution in [0.4, 0.5) is 5.69 Å². The molecule has 3 aromatic rings. The van der Waals surface area contributed by atoms with Gasteiger partial charge in [-0.05, 0) is 37.6 Å². The average molecular weight is 512 g/mol. The Labute approximate surface area is 188 Å². The van der Waals surface area contributed by atoms with Crippen molar-refractivity contribution < 1.29 is 27.2 Å². The monoisotopic (exact) mass is 511 g/mol. The molecule has 1 amide bonds. The number of carbonyl (C=O) groups excluding carboxylic acids is 1. The minimum absolute atomic E-state index is 0.0450. The van der Waals surface area contributed by atoms with Gasteiger partial charge in [0.15, 0.2) is 12.2 Å². The van der Waals surface area contributed by atoms with Crippen molar-refractivity contribution in [1.29, 1.82) is 0 Å². The van der Waals surface area contributed by atoms with E-state index in [4.69, 9.17) is 14.0 Å². The summed E-state index contributed by atoms with van der Waals surface area (Å²) < 4.78 is 45.5. The van der Waals surface area contributed by atoms with E-state index in [0.717, 1.165) is 6.42 Å². The van der Waals surface area contributed by atoms with Gasteiger partial charge in [-0.1, -0.05) is 28.0 Å². The highest BCUT2D eigenvalue weighted by Gasteiger charge is 2.23. The van der Waals surface area contributed by atoms with Crippen molar-refractivity contribution in [3.05, 3.63) is 40.5 Å². The number of benzene rings is 2. The fourth-order valence-electron chi connectivity index (χ4n) is 2.80. The van der Waals surface area contributed by atoms with Crippen molar-refractivity contribution in [3.8, 4) is 11.5 Å². The zero-order valence-corrected chi connectivity index (χ0v) is 19.6. The fourth-order valence-corrected chi connectivity index (χ4v) is 4.55. The van der Waals surface area contributed by atoms with Gasteiger partial charge in [-0.25, -0.2) is 8.42 Å². The maximum absolute atomic E-state index is 13.2. The van der Waals surface area contributed by atoms with E-state index in [-0.39, 0.29) is 34.6 Å². The number of halogens is 1. The number of aryl methyl sites for hydroxylation is 1. The summed E-state index contributed by atoms with van der Waals surface area (Å²) in [6.45, 7) is 3.89. The maximum atomic E-state index is 13.2. The summed E-state index contributed by atoms with van der Waals surface area (Å²) in [6, 6.07) is 7.66. The van der Waals surface area contributed by atoms with Gasteiger partial charge in [0.1, 0.15) is 16.4 Å². The first kappa shape index (κ1) is 22.9. The summed E-state index contributed by atoms with van der Waals surface area (Å²) in [5, 5.41) is 7.21. The van der Waals surface area contributed by atoms with E-state index in [0.29, 0.717) is 27.7 Å². The SMILES string of the molecule is CCCNC(=O)COc1ccc(Br)cc1S(=O)(=O)Nc1cc2c(C)noc2cc1OC. The molecule has 31 heavy (non-hydrogen) atoms. The molecule has 1 aromatic heterocycles. The Morgan fingerprint density at radius 3 is 2.71 bits per heavy atom. The number of aromatic nitrogens is 1. The molecule has 0 aliphatic heterocycles. The Morgan fingerprint density at radius 2 is 2.00 bits per heavy atom. The predicted molar refractivity (Wildman–Crippen MR) is 119 cm³/mol. The highest BCUT2D eigenvalue weighted by molar-refractivity contribution is 9.10. The summed E-state index contributed by atoms with van der Waals surface area (Å²) in [5.41, 5.74) is 1.30. The molecular formula is C20H22BrN3O6S. The average Bonchev–Trinajstić information content (AvgIpc) is 3.10. The number of methoxy groups -OCH3 is 1. The third kappa shape index (κ3) is 5.28. The third-order valence-corrected chi connectivity index (χ3v) is 6.22. The van der Waals surface area contributed by atoms with Crippen LogP contribution in [-0.4, -0.2) is 39.7 Å². The fraction of sp³-hybridized carbons (Fsp3) is 0.300. The van der Waals surface area contributed by atoms with Gasteiger partial charge in [-0.2, -0.15) is 0 Å². The van der Waals surface area contributed by atoms with E-state index < -0.39 is 10.0 Å². The molecular weight excluding hydrogens is 490 g/mol. The van der Waals surface area contributed by atoms with Gasteiger partial charge in [0.2, 0.25) is 0 Å². The standard InChI is InChI=1S/C20H22BrN3O6S/c1-4-7-22-20(25)11-29-16-6-5-13(21)8-19(16)31(26,27)24-15-9-14-12(2)23-30-17(14)10-18(15)28-3/h5-6,8-10,24H,4,7,11H2,1-3H3,(H,22,25). The number of hydrogen-bond acceptors (Lipinski definition) is 7. The molecule has 0 unspecified atom stereocenters. The second kappa shape index (κ2) is 9.56. The first-order valence-corrected chi connectivity index (χ1v) is 11.7. The molecule has 0 atom stereocenters. The zero-order chi connectivity index (χ0) is 22.6. The summed E-state index contributed by atoms with van der Waals surface area (Å²) in [6.07, 6.45) is 0.783. The van der Waals surface area contributed by atoms with Gasteiger partial charge < -0.3 is 19.3 Å². The lowest BCUT2D eigenvalue weighted by molar-refractivity contribution is -0.123. The number of nitrogens with zero attached hydrogens (tertiary/aromatic N) is 1. The van der Waals surface area contributed by atoms with Crippen molar-refractivity contribution in [2.45, 2.75) is 25.2 Å². The van der Waals surface area contributed by atoms with Gasteiger partial charge in [0, 0.05) is 22.5 Å². The second-order valence-corrected chi connectivity index (χ2v) is 9.22. The Bertz CT molecular complexity index is 1210. The van der Waals surface area contributed by atoms with Crippen LogP contribution >= 0.6 is 15.9 Å². The molecule has 0 saturated heterocycles. The lowest BCUT2D eigenvalue weighted by atomic mass is 10.2. The summed E-state index contributed by atoms with van der Waals surface area (Å²) >= 11 is 3.28. The molecule has 0 aliphatic carbocycles. The largest absolute Gasteiger partial charge is 0.494 e. The molecule has 0 aliphatic rings. The molecule has 166 valence electrons. The molecule has 2 N–H and O–H groups in total. The van der Waals surface area contributed by atoms with Crippen LogP contribution in [0, 0.1) is 6.92 Å². The van der Waals surface area contributed by atoms with Crippen molar-refractivity contribution >= 4 is 48.5 Å². The molecule has 0 bridgehead atoms. The van der Waals surface area contributed by atoms with Crippen molar-refractivity contribution in [2.75, 3.05) is 25.0 Å². The Kier molecular flexibility index (Phi) is 7.06. The van der Waals surface area contributed by atoms with E-state index in [2.05, 4.69) is 31.1 Å². The molecule has 0 saturated carbocycles. The Hall–Kier alpha value is -2.79. The molecule has 2 aromatic carbocycles. The van der Waals surface area contributed by atoms with Crippen molar-refractivity contribution in [1.82, 2.24) is 10.5 Å². The first-order chi connectivity index (χ1) is 14.7. The van der Waals surface area contributed by atoms with E-state index in [1.54, 1.807) is 25.1 Å². The van der Waals surface area contributed by atoms with Crippen molar-refractivity contribution in [3.63, 3.8) is 0 Å². The van der Waals surface area contributed by atoms with Crippen LogP contribution in [0.1, 0.15) is 19.0 Å². The number of fused-ring (bicyclic) bond motifs is 1. The number of nitrogens with one attached hydrogen (secondary N) is 2. The predicted octanol–water partition coefficient (Wildman–Crippen LogP) is 3.61. The summed E-state index contributed by atoms with van der Waals surface area (Å²) in [5.74, 6) is -0.0247. The molecule has 11 heteroatoms. The normalized spacial score (nSPS) is 11.4. The molecule has 3 rings (SSSR count). The Balaban J connectivity index is 1.93. The third-order valence-electron chi connectivity index (χ3n) is 4.34. The number of amides is 1. The minimum atomic E-state index is -4.10. The van der Waals surface area contributed by atoms with Crippen LogP contribution < -0.4 is 19.5 Å². The van der Waals surface area contributed by atoms with Crippen LogP contribution in [0.5, 0.6) is 11.5 Å². The number of ether oxygens (including phenoxy) is 2. The molecule has 0 spiro atoms. The number of sulfonamides is 1. The smallest absolute Gasteiger partial charge is 0.265 e. The van der Waals surface area contributed by atoms with E-state index >= 15 is 0 Å². The number of rotatable bonds is 9. The van der Waals surface area contributed by atoms with E-state index in [1.807, 2.05) is 6.92 Å². The highest BCUT2D eigenvalue weighted by atomic mass is 79.9. The zero-order valence-electron chi connectivity index (χ0n) is 17.2. The summed E-state index contributed by atoms with van der Waals surface area (Å²) in [7, 11) is -2.67. The molecule has 0 fully saturated rings. The van der Waals surface area contributed by atoms with E-state index in [9.17, 15) is 13.2 Å². The van der Waals surface area contributed by atoms with Crippen LogP contribution in [0.15, 0.2) is 44.2 Å². The summed E-state index contributed by atoms with van der Waals surface area (Å²) in [4.78, 5) is 11.7. The Morgan fingerprint density at radius 1 is 1.23 bits per heavy atom. The molecule has 0 radical (unpaired) electrons. The quantitative estimate of drug-likeness (QED) is 0.450. The number of anilines is 1. The minimum Gasteiger partial charge on any atom is -0.494 e. The topological polar surface area (TPSA) is 120 Å². The van der Waals surface area contributed by atoms with Crippen LogP contribution in [0.3, 0.4) is 0 Å². The molecule has 9 nitrogen and oxygen atoms in total. The van der Waals surface area contributed by atoms with Gasteiger partial charge >= 0.3 is 0 Å². The lowest BCUT2D eigenvalue weighted by Gasteiger charge is -2.15.